The standard InChI is InChI=1S/C16H19ClN2O2/c1-10-11-7-5-6-8-12(11)18-13(14(10)17)9-19(4)16(2,3)15(20)21/h5-8H,9H2,1-4H3,(H,20,21). The van der Waals surface area contributed by atoms with Crippen LogP contribution in [-0.2, 0) is 11.3 Å². The zero-order valence-corrected chi connectivity index (χ0v) is 13.4. The fraction of sp³-hybridized carbons (Fsp3) is 0.375. The molecule has 0 unspecified atom stereocenters. The van der Waals surface area contributed by atoms with Crippen molar-refractivity contribution in [1.82, 2.24) is 9.88 Å². The number of hydrogen-bond acceptors (Lipinski definition) is 3. The first-order valence-corrected chi connectivity index (χ1v) is 7.11. The molecule has 0 spiro atoms. The molecule has 112 valence electrons. The number of hydrogen-bond donors (Lipinski definition) is 1. The number of fused-ring (bicyclic) bond motifs is 1. The van der Waals surface area contributed by atoms with Gasteiger partial charge in [-0.15, -0.1) is 0 Å². The second-order valence-corrected chi connectivity index (χ2v) is 6.11. The lowest BCUT2D eigenvalue weighted by atomic mass is 10.0. The van der Waals surface area contributed by atoms with Gasteiger partial charge in [0.15, 0.2) is 0 Å². The Bertz CT molecular complexity index is 698. The summed E-state index contributed by atoms with van der Waals surface area (Å²) in [7, 11) is 1.76. The van der Waals surface area contributed by atoms with Gasteiger partial charge in [-0.05, 0) is 39.4 Å². The van der Waals surface area contributed by atoms with Crippen molar-refractivity contribution in [1.29, 1.82) is 0 Å². The third-order valence-electron chi connectivity index (χ3n) is 4.01. The summed E-state index contributed by atoms with van der Waals surface area (Å²) in [6.07, 6.45) is 0. The van der Waals surface area contributed by atoms with Crippen molar-refractivity contribution >= 4 is 28.5 Å². The Morgan fingerprint density at radius 1 is 1.38 bits per heavy atom. The largest absolute Gasteiger partial charge is 0.480 e. The fourth-order valence-electron chi connectivity index (χ4n) is 2.11. The van der Waals surface area contributed by atoms with E-state index in [1.807, 2.05) is 31.2 Å². The first kappa shape index (κ1) is 15.7. The number of halogens is 1. The van der Waals surface area contributed by atoms with Gasteiger partial charge in [-0.25, -0.2) is 4.98 Å². The van der Waals surface area contributed by atoms with Crippen LogP contribution in [0.4, 0.5) is 0 Å². The number of aryl methyl sites for hydroxylation is 1. The van der Waals surface area contributed by atoms with Gasteiger partial charge >= 0.3 is 5.97 Å². The molecule has 0 amide bonds. The first-order valence-electron chi connectivity index (χ1n) is 6.73. The van der Waals surface area contributed by atoms with Crippen LogP contribution >= 0.6 is 11.6 Å². The molecule has 0 radical (unpaired) electrons. The first-order chi connectivity index (χ1) is 9.75. The number of nitrogens with zero attached hydrogens (tertiary/aromatic N) is 2. The molecule has 0 saturated carbocycles. The summed E-state index contributed by atoms with van der Waals surface area (Å²) < 4.78 is 0. The van der Waals surface area contributed by atoms with Crippen LogP contribution in [0.15, 0.2) is 24.3 Å². The fourth-order valence-corrected chi connectivity index (χ4v) is 2.31. The molecule has 0 bridgehead atoms. The van der Waals surface area contributed by atoms with Gasteiger partial charge in [-0.1, -0.05) is 29.8 Å². The molecule has 2 rings (SSSR count). The number of carboxylic acid groups (broad SMARTS) is 1. The van der Waals surface area contributed by atoms with Crippen molar-refractivity contribution < 1.29 is 9.90 Å². The van der Waals surface area contributed by atoms with E-state index in [0.717, 1.165) is 16.5 Å². The number of benzene rings is 1. The molecular formula is C16H19ClN2O2. The molecule has 0 aliphatic carbocycles. The summed E-state index contributed by atoms with van der Waals surface area (Å²) in [6.45, 7) is 5.66. The normalized spacial score (nSPS) is 12.1. The molecule has 0 atom stereocenters. The highest BCUT2D eigenvalue weighted by atomic mass is 35.5. The average molecular weight is 307 g/mol. The van der Waals surface area contributed by atoms with Crippen molar-refractivity contribution in [3.05, 3.63) is 40.5 Å². The second-order valence-electron chi connectivity index (χ2n) is 5.73. The van der Waals surface area contributed by atoms with E-state index < -0.39 is 11.5 Å². The Hall–Kier alpha value is -1.65. The smallest absolute Gasteiger partial charge is 0.323 e. The van der Waals surface area contributed by atoms with E-state index in [2.05, 4.69) is 4.98 Å². The number of aromatic nitrogens is 1. The van der Waals surface area contributed by atoms with Crippen LogP contribution in [0, 0.1) is 6.92 Å². The predicted molar refractivity (Wildman–Crippen MR) is 84.7 cm³/mol. The van der Waals surface area contributed by atoms with E-state index in [9.17, 15) is 9.90 Å². The molecule has 1 aromatic carbocycles. The minimum absolute atomic E-state index is 0.379. The maximum absolute atomic E-state index is 11.3. The molecular weight excluding hydrogens is 288 g/mol. The van der Waals surface area contributed by atoms with E-state index in [-0.39, 0.29) is 0 Å². The summed E-state index contributed by atoms with van der Waals surface area (Å²) in [4.78, 5) is 17.6. The van der Waals surface area contributed by atoms with Crippen LogP contribution in [0.25, 0.3) is 10.9 Å². The zero-order chi connectivity index (χ0) is 15.8. The SMILES string of the molecule is Cc1c(Cl)c(CN(C)C(C)(C)C(=O)O)nc2ccccc12. The Balaban J connectivity index is 2.44. The number of pyridine rings is 1. The summed E-state index contributed by atoms with van der Waals surface area (Å²) in [5, 5.41) is 10.9. The molecule has 0 fully saturated rings. The number of aliphatic carboxylic acids is 1. The van der Waals surface area contributed by atoms with Gasteiger partial charge in [-0.2, -0.15) is 0 Å². The van der Waals surface area contributed by atoms with E-state index in [1.54, 1.807) is 25.8 Å². The lowest BCUT2D eigenvalue weighted by Crippen LogP contribution is -2.47. The highest BCUT2D eigenvalue weighted by Crippen LogP contribution is 2.28. The molecule has 5 heteroatoms. The van der Waals surface area contributed by atoms with E-state index in [1.165, 1.54) is 0 Å². The Morgan fingerprint density at radius 2 is 2.00 bits per heavy atom. The van der Waals surface area contributed by atoms with E-state index >= 15 is 0 Å². The molecule has 0 aliphatic heterocycles. The highest BCUT2D eigenvalue weighted by Gasteiger charge is 2.32. The molecule has 1 heterocycles. The highest BCUT2D eigenvalue weighted by molar-refractivity contribution is 6.32. The van der Waals surface area contributed by atoms with Gasteiger partial charge in [0.25, 0.3) is 0 Å². The third kappa shape index (κ3) is 2.87. The Morgan fingerprint density at radius 3 is 2.62 bits per heavy atom. The number of rotatable bonds is 4. The molecule has 4 nitrogen and oxygen atoms in total. The van der Waals surface area contributed by atoms with Gasteiger partial charge in [-0.3, -0.25) is 9.69 Å². The number of para-hydroxylation sites is 1. The molecule has 1 N–H and O–H groups in total. The van der Waals surface area contributed by atoms with E-state index in [4.69, 9.17) is 11.6 Å². The Labute approximate surface area is 129 Å². The van der Waals surface area contributed by atoms with Gasteiger partial charge < -0.3 is 5.11 Å². The zero-order valence-electron chi connectivity index (χ0n) is 12.6. The summed E-state index contributed by atoms with van der Waals surface area (Å²) in [5.41, 5.74) is 1.56. The lowest BCUT2D eigenvalue weighted by Gasteiger charge is -2.31. The van der Waals surface area contributed by atoms with Crippen molar-refractivity contribution in [3.63, 3.8) is 0 Å². The van der Waals surface area contributed by atoms with Crippen molar-refractivity contribution in [2.45, 2.75) is 32.9 Å². The maximum atomic E-state index is 11.3. The van der Waals surface area contributed by atoms with Crippen LogP contribution in [0.2, 0.25) is 5.02 Å². The van der Waals surface area contributed by atoms with Crippen molar-refractivity contribution in [3.8, 4) is 0 Å². The topological polar surface area (TPSA) is 53.4 Å². The van der Waals surface area contributed by atoms with Gasteiger partial charge in [0.05, 0.1) is 16.2 Å². The molecule has 21 heavy (non-hydrogen) atoms. The molecule has 0 aliphatic rings. The summed E-state index contributed by atoms with van der Waals surface area (Å²) in [5.74, 6) is -0.876. The Kier molecular flexibility index (Phi) is 4.21. The van der Waals surface area contributed by atoms with E-state index in [0.29, 0.717) is 17.3 Å². The monoisotopic (exact) mass is 306 g/mol. The molecule has 1 aromatic heterocycles. The third-order valence-corrected chi connectivity index (χ3v) is 4.51. The van der Waals surface area contributed by atoms with Gasteiger partial charge in [0, 0.05) is 11.9 Å². The van der Waals surface area contributed by atoms with Crippen molar-refractivity contribution in [2.75, 3.05) is 7.05 Å². The predicted octanol–water partition coefficient (Wildman–Crippen LogP) is 3.49. The number of carboxylic acids is 1. The minimum atomic E-state index is -0.982. The van der Waals surface area contributed by atoms with Crippen LogP contribution in [0.3, 0.4) is 0 Å². The van der Waals surface area contributed by atoms with Gasteiger partial charge in [0.2, 0.25) is 0 Å². The maximum Gasteiger partial charge on any atom is 0.323 e. The minimum Gasteiger partial charge on any atom is -0.480 e. The summed E-state index contributed by atoms with van der Waals surface area (Å²) >= 11 is 6.41. The lowest BCUT2D eigenvalue weighted by molar-refractivity contribution is -0.148. The van der Waals surface area contributed by atoms with Crippen LogP contribution < -0.4 is 0 Å². The summed E-state index contributed by atoms with van der Waals surface area (Å²) in [6, 6.07) is 7.80. The van der Waals surface area contributed by atoms with Crippen molar-refractivity contribution in [2.24, 2.45) is 0 Å². The van der Waals surface area contributed by atoms with Gasteiger partial charge in [0.1, 0.15) is 5.54 Å². The average Bonchev–Trinajstić information content (AvgIpc) is 2.44. The molecule has 0 saturated heterocycles. The quantitative estimate of drug-likeness (QED) is 0.939. The second kappa shape index (κ2) is 5.62. The number of carbonyl (C=O) groups is 1. The van der Waals surface area contributed by atoms with Crippen LogP contribution in [0.1, 0.15) is 25.1 Å². The van der Waals surface area contributed by atoms with Crippen LogP contribution in [-0.4, -0.2) is 33.5 Å². The molecule has 2 aromatic rings. The van der Waals surface area contributed by atoms with Crippen LogP contribution in [0.5, 0.6) is 0 Å². The number of likely N-dealkylation sites (N-methyl/N-ethyl adjacent to an activating group) is 1.